The number of amides is 1. The molecule has 1 atom stereocenters. The molecule has 1 N–H and O–H groups in total. The highest BCUT2D eigenvalue weighted by Gasteiger charge is 2.28. The molecule has 1 unspecified atom stereocenters. The second kappa shape index (κ2) is 9.87. The number of benzene rings is 2. The lowest BCUT2D eigenvalue weighted by Crippen LogP contribution is -2.30. The molecule has 154 valence electrons. The Hall–Kier alpha value is -3.14. The molecule has 2 aromatic rings. The van der Waals surface area contributed by atoms with Crippen molar-refractivity contribution in [2.75, 3.05) is 19.0 Å². The van der Waals surface area contributed by atoms with Gasteiger partial charge in [-0.15, -0.1) is 0 Å². The van der Waals surface area contributed by atoms with E-state index in [9.17, 15) is 19.7 Å². The first-order valence-corrected chi connectivity index (χ1v) is 9.32. The molecule has 0 saturated carbocycles. The molecule has 0 fully saturated rings. The number of methoxy groups -OCH3 is 1. The molecule has 9 nitrogen and oxygen atoms in total. The van der Waals surface area contributed by atoms with Crippen molar-refractivity contribution < 1.29 is 28.7 Å². The van der Waals surface area contributed by atoms with Crippen LogP contribution in [0.25, 0.3) is 0 Å². The molecule has 1 amide bonds. The van der Waals surface area contributed by atoms with Gasteiger partial charge < -0.3 is 19.5 Å². The van der Waals surface area contributed by atoms with Gasteiger partial charge in [-0.2, -0.15) is 0 Å². The smallest absolute Gasteiger partial charge is 0.346 e. The van der Waals surface area contributed by atoms with Gasteiger partial charge in [-0.05, 0) is 38.1 Å². The maximum absolute atomic E-state index is 12.5. The van der Waals surface area contributed by atoms with Gasteiger partial charge in [-0.25, -0.2) is 4.79 Å². The van der Waals surface area contributed by atoms with E-state index in [0.29, 0.717) is 5.69 Å². The predicted octanol–water partition coefficient (Wildman–Crippen LogP) is 3.95. The lowest BCUT2D eigenvalue weighted by molar-refractivity contribution is -0.385. The van der Waals surface area contributed by atoms with Crippen molar-refractivity contribution in [3.63, 3.8) is 0 Å². The number of hydrogen-bond donors (Lipinski definition) is 1. The van der Waals surface area contributed by atoms with E-state index in [-0.39, 0.29) is 23.7 Å². The summed E-state index contributed by atoms with van der Waals surface area (Å²) in [5.41, 5.74) is -0.354. The van der Waals surface area contributed by atoms with E-state index < -0.39 is 28.6 Å². The van der Waals surface area contributed by atoms with Crippen molar-refractivity contribution in [1.29, 1.82) is 0 Å². The van der Waals surface area contributed by atoms with Crippen LogP contribution in [0.4, 0.5) is 11.4 Å². The maximum atomic E-state index is 12.5. The van der Waals surface area contributed by atoms with Gasteiger partial charge in [0.15, 0.2) is 17.6 Å². The molecule has 0 aromatic heterocycles. The van der Waals surface area contributed by atoms with Crippen molar-refractivity contribution in [1.82, 2.24) is 0 Å². The number of rotatable bonds is 8. The summed E-state index contributed by atoms with van der Waals surface area (Å²) in [6, 6.07) is 9.05. The van der Waals surface area contributed by atoms with Gasteiger partial charge in [0.1, 0.15) is 5.56 Å². The third-order valence-corrected chi connectivity index (χ3v) is 4.29. The zero-order valence-corrected chi connectivity index (χ0v) is 17.5. The third-order valence-electron chi connectivity index (χ3n) is 3.76. The molecule has 0 radical (unpaired) electrons. The Labute approximate surface area is 175 Å². The largest absolute Gasteiger partial charge is 0.493 e. The SMILES string of the molecule is CCOc1cc([N+](=O)[O-])c(C(=O)OC(C)C(=O)Nc2ccc(Br)cc2)cc1OC. The average molecular weight is 467 g/mol. The van der Waals surface area contributed by atoms with E-state index in [4.69, 9.17) is 14.2 Å². The van der Waals surface area contributed by atoms with Gasteiger partial charge in [0.05, 0.1) is 24.7 Å². The van der Waals surface area contributed by atoms with Crippen LogP contribution in [0.2, 0.25) is 0 Å². The zero-order chi connectivity index (χ0) is 21.6. The Morgan fingerprint density at radius 2 is 1.86 bits per heavy atom. The Morgan fingerprint density at radius 3 is 2.41 bits per heavy atom. The predicted molar refractivity (Wildman–Crippen MR) is 108 cm³/mol. The molecule has 0 aliphatic heterocycles. The fraction of sp³-hybridized carbons (Fsp3) is 0.263. The third kappa shape index (κ3) is 5.67. The van der Waals surface area contributed by atoms with Gasteiger partial charge in [0.25, 0.3) is 11.6 Å². The topological polar surface area (TPSA) is 117 Å². The maximum Gasteiger partial charge on any atom is 0.346 e. The molecule has 0 spiro atoms. The molecule has 0 aliphatic rings. The van der Waals surface area contributed by atoms with Crippen LogP contribution >= 0.6 is 15.9 Å². The summed E-state index contributed by atoms with van der Waals surface area (Å²) in [4.78, 5) is 35.4. The Balaban J connectivity index is 2.20. The molecule has 10 heteroatoms. The second-order valence-electron chi connectivity index (χ2n) is 5.75. The fourth-order valence-electron chi connectivity index (χ4n) is 2.35. The molecule has 29 heavy (non-hydrogen) atoms. The van der Waals surface area contributed by atoms with Gasteiger partial charge in [-0.3, -0.25) is 14.9 Å². The van der Waals surface area contributed by atoms with Crippen molar-refractivity contribution in [3.8, 4) is 11.5 Å². The summed E-state index contributed by atoms with van der Waals surface area (Å²) in [6.07, 6.45) is -1.19. The number of esters is 1. The van der Waals surface area contributed by atoms with E-state index in [0.717, 1.165) is 16.6 Å². The van der Waals surface area contributed by atoms with E-state index in [2.05, 4.69) is 21.2 Å². The van der Waals surface area contributed by atoms with Gasteiger partial charge >= 0.3 is 5.97 Å². The van der Waals surface area contributed by atoms with Gasteiger partial charge in [0, 0.05) is 16.2 Å². The standard InChI is InChI=1S/C19H19BrN2O7/c1-4-28-17-10-15(22(25)26)14(9-16(17)27-3)19(24)29-11(2)18(23)21-13-7-5-12(20)6-8-13/h5-11H,4H2,1-3H3,(H,21,23). The van der Waals surface area contributed by atoms with Crippen LogP contribution in [0.3, 0.4) is 0 Å². The van der Waals surface area contributed by atoms with Gasteiger partial charge in [0.2, 0.25) is 0 Å². The number of nitro benzene ring substituents is 1. The molecule has 0 aliphatic carbocycles. The summed E-state index contributed by atoms with van der Waals surface area (Å²) in [5, 5.41) is 14.0. The minimum atomic E-state index is -1.19. The van der Waals surface area contributed by atoms with E-state index in [1.807, 2.05) is 0 Å². The first kappa shape index (κ1) is 22.2. The Kier molecular flexibility index (Phi) is 7.54. The van der Waals surface area contributed by atoms with Gasteiger partial charge in [-0.1, -0.05) is 15.9 Å². The monoisotopic (exact) mass is 466 g/mol. The average Bonchev–Trinajstić information content (AvgIpc) is 2.69. The summed E-state index contributed by atoms with van der Waals surface area (Å²) in [6.45, 7) is 3.33. The number of nitrogens with one attached hydrogen (secondary N) is 1. The van der Waals surface area contributed by atoms with Crippen LogP contribution in [0.1, 0.15) is 24.2 Å². The highest BCUT2D eigenvalue weighted by molar-refractivity contribution is 9.10. The molecular weight excluding hydrogens is 448 g/mol. The first-order valence-electron chi connectivity index (χ1n) is 8.53. The summed E-state index contributed by atoms with van der Waals surface area (Å²) < 4.78 is 16.4. The van der Waals surface area contributed by atoms with Crippen molar-refractivity contribution >= 4 is 39.2 Å². The van der Waals surface area contributed by atoms with Crippen molar-refractivity contribution in [2.24, 2.45) is 0 Å². The number of carbonyl (C=O) groups is 2. The number of nitro groups is 1. The summed E-state index contributed by atoms with van der Waals surface area (Å²) in [7, 11) is 1.34. The lowest BCUT2D eigenvalue weighted by Gasteiger charge is -2.15. The molecule has 2 aromatic carbocycles. The van der Waals surface area contributed by atoms with Crippen LogP contribution in [-0.2, 0) is 9.53 Å². The van der Waals surface area contributed by atoms with Crippen LogP contribution in [0.5, 0.6) is 11.5 Å². The quantitative estimate of drug-likeness (QED) is 0.355. The van der Waals surface area contributed by atoms with E-state index in [1.165, 1.54) is 14.0 Å². The minimum Gasteiger partial charge on any atom is -0.493 e. The van der Waals surface area contributed by atoms with E-state index >= 15 is 0 Å². The number of anilines is 1. The second-order valence-corrected chi connectivity index (χ2v) is 6.67. The molecule has 2 rings (SSSR count). The van der Waals surface area contributed by atoms with Crippen LogP contribution in [-0.4, -0.2) is 36.6 Å². The van der Waals surface area contributed by atoms with Crippen LogP contribution < -0.4 is 14.8 Å². The molecular formula is C19H19BrN2O7. The fourth-order valence-corrected chi connectivity index (χ4v) is 2.61. The number of hydrogen-bond acceptors (Lipinski definition) is 7. The minimum absolute atomic E-state index is 0.124. The highest BCUT2D eigenvalue weighted by atomic mass is 79.9. The number of halogens is 1. The highest BCUT2D eigenvalue weighted by Crippen LogP contribution is 2.35. The number of carbonyl (C=O) groups excluding carboxylic acids is 2. The number of nitrogens with zero attached hydrogens (tertiary/aromatic N) is 1. The summed E-state index contributed by atoms with van der Waals surface area (Å²) >= 11 is 3.29. The first-order chi connectivity index (χ1) is 13.8. The normalized spacial score (nSPS) is 11.3. The zero-order valence-electron chi connectivity index (χ0n) is 15.9. The van der Waals surface area contributed by atoms with Crippen LogP contribution in [0.15, 0.2) is 40.9 Å². The molecule has 0 heterocycles. The summed E-state index contributed by atoms with van der Waals surface area (Å²) in [5.74, 6) is -1.35. The molecule has 0 saturated heterocycles. The Bertz CT molecular complexity index is 916. The van der Waals surface area contributed by atoms with Crippen molar-refractivity contribution in [3.05, 3.63) is 56.5 Å². The van der Waals surface area contributed by atoms with Crippen LogP contribution in [0, 0.1) is 10.1 Å². The Morgan fingerprint density at radius 1 is 1.21 bits per heavy atom. The van der Waals surface area contributed by atoms with Crippen molar-refractivity contribution in [2.45, 2.75) is 20.0 Å². The number of ether oxygens (including phenoxy) is 3. The lowest BCUT2D eigenvalue weighted by atomic mass is 10.1. The van der Waals surface area contributed by atoms with E-state index in [1.54, 1.807) is 31.2 Å². The molecule has 0 bridgehead atoms.